The van der Waals surface area contributed by atoms with Gasteiger partial charge in [0.25, 0.3) is 5.91 Å². The van der Waals surface area contributed by atoms with Crippen molar-refractivity contribution in [2.75, 3.05) is 5.32 Å². The molecule has 5 nitrogen and oxygen atoms in total. The predicted molar refractivity (Wildman–Crippen MR) is 123 cm³/mol. The van der Waals surface area contributed by atoms with Gasteiger partial charge in [0, 0.05) is 35.4 Å². The summed E-state index contributed by atoms with van der Waals surface area (Å²) in [7, 11) is 1.96. The second-order valence-electron chi connectivity index (χ2n) is 6.83. The molecule has 0 unspecified atom stereocenters. The third-order valence-corrected chi connectivity index (χ3v) is 6.79. The number of halogens is 2. The van der Waals surface area contributed by atoms with Gasteiger partial charge in [-0.3, -0.25) is 9.78 Å². The maximum atomic E-state index is 12.9. The predicted octanol–water partition coefficient (Wildman–Crippen LogP) is 6.30. The van der Waals surface area contributed by atoms with Crippen molar-refractivity contribution in [3.63, 3.8) is 0 Å². The molecular formula is C22H18Cl2N4OS. The molecule has 1 amide bonds. The van der Waals surface area contributed by atoms with E-state index in [4.69, 9.17) is 28.2 Å². The van der Waals surface area contributed by atoms with Crippen molar-refractivity contribution >= 4 is 57.5 Å². The van der Waals surface area contributed by atoms with Crippen LogP contribution in [0.1, 0.15) is 21.6 Å². The van der Waals surface area contributed by atoms with Crippen LogP contribution in [-0.2, 0) is 7.05 Å². The Kier molecular flexibility index (Phi) is 5.73. The Bertz CT molecular complexity index is 1270. The highest BCUT2D eigenvalue weighted by Crippen LogP contribution is 2.38. The fraction of sp³-hybridized carbons (Fsp3) is 0.136. The Morgan fingerprint density at radius 3 is 2.47 bits per heavy atom. The van der Waals surface area contributed by atoms with Gasteiger partial charge < -0.3 is 9.88 Å². The number of aryl methyl sites for hydroxylation is 2. The number of hydrogen-bond acceptors (Lipinski definition) is 4. The van der Waals surface area contributed by atoms with E-state index in [0.29, 0.717) is 21.2 Å². The molecule has 0 aliphatic carbocycles. The number of amides is 1. The number of para-hydroxylation sites is 1. The molecule has 4 rings (SSSR count). The lowest BCUT2D eigenvalue weighted by Crippen LogP contribution is -2.14. The minimum absolute atomic E-state index is 0.240. The molecule has 0 aliphatic heterocycles. The van der Waals surface area contributed by atoms with Crippen molar-refractivity contribution in [2.45, 2.75) is 23.9 Å². The number of aromatic nitrogens is 3. The van der Waals surface area contributed by atoms with Gasteiger partial charge in [0.2, 0.25) is 0 Å². The van der Waals surface area contributed by atoms with Crippen molar-refractivity contribution in [2.24, 2.45) is 7.05 Å². The average molecular weight is 457 g/mol. The maximum absolute atomic E-state index is 12.9. The van der Waals surface area contributed by atoms with E-state index in [9.17, 15) is 4.79 Å². The number of nitrogens with zero attached hydrogens (tertiary/aromatic N) is 3. The molecule has 0 fully saturated rings. The molecule has 152 valence electrons. The Balaban J connectivity index is 1.81. The number of pyridine rings is 1. The van der Waals surface area contributed by atoms with Crippen LogP contribution in [0.25, 0.3) is 10.9 Å². The van der Waals surface area contributed by atoms with E-state index in [-0.39, 0.29) is 11.5 Å². The van der Waals surface area contributed by atoms with E-state index in [1.54, 1.807) is 36.2 Å². The Labute approximate surface area is 188 Å². The van der Waals surface area contributed by atoms with Crippen molar-refractivity contribution < 1.29 is 4.79 Å². The maximum Gasteiger partial charge on any atom is 0.258 e. The van der Waals surface area contributed by atoms with Crippen LogP contribution in [0.3, 0.4) is 0 Å². The van der Waals surface area contributed by atoms with E-state index in [0.717, 1.165) is 26.7 Å². The largest absolute Gasteiger partial charge is 0.329 e. The van der Waals surface area contributed by atoms with Crippen LogP contribution >= 0.6 is 35.0 Å². The molecule has 0 aliphatic rings. The molecule has 2 aromatic carbocycles. The number of carbonyl (C=O) groups is 1. The zero-order valence-electron chi connectivity index (χ0n) is 16.5. The minimum atomic E-state index is -0.378. The number of imidazole rings is 1. The number of rotatable bonds is 4. The summed E-state index contributed by atoms with van der Waals surface area (Å²) in [5, 5.41) is 5.34. The lowest BCUT2D eigenvalue weighted by molar-refractivity contribution is 0.102. The summed E-state index contributed by atoms with van der Waals surface area (Å²) in [5.41, 5.74) is 3.50. The molecule has 2 aromatic heterocycles. The van der Waals surface area contributed by atoms with Crippen molar-refractivity contribution in [3.8, 4) is 0 Å². The molecule has 0 saturated carbocycles. The van der Waals surface area contributed by atoms with Crippen LogP contribution in [0.5, 0.6) is 0 Å². The lowest BCUT2D eigenvalue weighted by Gasteiger charge is -2.15. The zero-order valence-corrected chi connectivity index (χ0v) is 18.9. The second kappa shape index (κ2) is 8.30. The first-order chi connectivity index (χ1) is 14.4. The van der Waals surface area contributed by atoms with Crippen molar-refractivity contribution in [1.82, 2.24) is 14.5 Å². The van der Waals surface area contributed by atoms with E-state index in [1.165, 1.54) is 0 Å². The highest BCUT2D eigenvalue weighted by Gasteiger charge is 2.19. The highest BCUT2D eigenvalue weighted by atomic mass is 35.5. The summed E-state index contributed by atoms with van der Waals surface area (Å²) >= 11 is 14.0. The molecule has 0 atom stereocenters. The molecule has 0 saturated heterocycles. The number of carbonyl (C=O) groups excluding carboxylic acids is 1. The summed E-state index contributed by atoms with van der Waals surface area (Å²) in [6.07, 6.45) is 3.68. The summed E-state index contributed by atoms with van der Waals surface area (Å²) in [6, 6.07) is 10.7. The number of nitrogens with one attached hydrogen (secondary N) is 1. The fourth-order valence-electron chi connectivity index (χ4n) is 3.14. The van der Waals surface area contributed by atoms with E-state index < -0.39 is 0 Å². The van der Waals surface area contributed by atoms with Gasteiger partial charge >= 0.3 is 0 Å². The molecule has 2 heterocycles. The third-order valence-electron chi connectivity index (χ3n) is 4.85. The van der Waals surface area contributed by atoms with Crippen LogP contribution in [-0.4, -0.2) is 20.4 Å². The third kappa shape index (κ3) is 3.78. The van der Waals surface area contributed by atoms with Crippen LogP contribution in [0.2, 0.25) is 10.0 Å². The first-order valence-electron chi connectivity index (χ1n) is 9.17. The number of hydrogen-bond donors (Lipinski definition) is 1. The Hall–Kier alpha value is -2.54. The summed E-state index contributed by atoms with van der Waals surface area (Å²) in [5.74, 6) is -0.378. The summed E-state index contributed by atoms with van der Waals surface area (Å²) in [4.78, 5) is 23.1. The van der Waals surface area contributed by atoms with Gasteiger partial charge in [-0.15, -0.1) is 0 Å². The SMILES string of the molecule is Cc1nc2c(NC(=O)c3c(Cl)cccc3Cl)cccc2c(Sc2nccn2C)c1C. The normalized spacial score (nSPS) is 11.1. The van der Waals surface area contributed by atoms with E-state index in [2.05, 4.69) is 10.3 Å². The van der Waals surface area contributed by atoms with Gasteiger partial charge in [-0.1, -0.05) is 53.2 Å². The minimum Gasteiger partial charge on any atom is -0.329 e. The van der Waals surface area contributed by atoms with Gasteiger partial charge in [0.15, 0.2) is 5.16 Å². The summed E-state index contributed by atoms with van der Waals surface area (Å²) in [6.45, 7) is 4.00. The topological polar surface area (TPSA) is 59.8 Å². The fourth-order valence-corrected chi connectivity index (χ4v) is 4.78. The van der Waals surface area contributed by atoms with Crippen LogP contribution in [0, 0.1) is 13.8 Å². The first-order valence-corrected chi connectivity index (χ1v) is 10.7. The number of fused-ring (bicyclic) bond motifs is 1. The highest BCUT2D eigenvalue weighted by molar-refractivity contribution is 7.99. The van der Waals surface area contributed by atoms with E-state index >= 15 is 0 Å². The van der Waals surface area contributed by atoms with Crippen LogP contribution in [0.4, 0.5) is 5.69 Å². The molecule has 8 heteroatoms. The van der Waals surface area contributed by atoms with Crippen LogP contribution in [0.15, 0.2) is 58.8 Å². The molecule has 1 N–H and O–H groups in total. The monoisotopic (exact) mass is 456 g/mol. The van der Waals surface area contributed by atoms with E-state index in [1.807, 2.05) is 49.9 Å². The van der Waals surface area contributed by atoms with Gasteiger partial charge in [0.1, 0.15) is 0 Å². The lowest BCUT2D eigenvalue weighted by atomic mass is 10.1. The second-order valence-corrected chi connectivity index (χ2v) is 8.62. The molecule has 0 radical (unpaired) electrons. The van der Waals surface area contributed by atoms with Crippen LogP contribution < -0.4 is 5.32 Å². The first kappa shape index (κ1) is 20.7. The van der Waals surface area contributed by atoms with Gasteiger partial charge in [-0.25, -0.2) is 4.98 Å². The quantitative estimate of drug-likeness (QED) is 0.391. The summed E-state index contributed by atoms with van der Waals surface area (Å²) < 4.78 is 1.97. The van der Waals surface area contributed by atoms with Gasteiger partial charge in [-0.2, -0.15) is 0 Å². The molecular weight excluding hydrogens is 439 g/mol. The van der Waals surface area contributed by atoms with Gasteiger partial charge in [-0.05, 0) is 37.6 Å². The molecule has 0 bridgehead atoms. The Morgan fingerprint density at radius 1 is 1.10 bits per heavy atom. The smallest absolute Gasteiger partial charge is 0.258 e. The van der Waals surface area contributed by atoms with Crippen molar-refractivity contribution in [3.05, 3.63) is 75.7 Å². The van der Waals surface area contributed by atoms with Gasteiger partial charge in [0.05, 0.1) is 26.8 Å². The average Bonchev–Trinajstić information content (AvgIpc) is 3.10. The standard InChI is InChI=1S/C22H18Cl2N4OS/c1-12-13(2)26-19-14(20(12)30-22-25-10-11-28(22)3)6-4-9-17(19)27-21(29)18-15(23)7-5-8-16(18)24/h4-11H,1-3H3,(H,27,29). The molecule has 4 aromatic rings. The van der Waals surface area contributed by atoms with Crippen molar-refractivity contribution in [1.29, 1.82) is 0 Å². The molecule has 30 heavy (non-hydrogen) atoms. The number of anilines is 1. The number of benzene rings is 2. The Morgan fingerprint density at radius 2 is 1.80 bits per heavy atom. The molecule has 0 spiro atoms. The zero-order chi connectivity index (χ0) is 21.4.